The molecule has 0 N–H and O–H groups in total. The fourth-order valence-corrected chi connectivity index (χ4v) is 6.50. The van der Waals surface area contributed by atoms with Gasteiger partial charge in [0, 0.05) is 11.3 Å². The highest BCUT2D eigenvalue weighted by Crippen LogP contribution is 2.64. The second-order valence-electron chi connectivity index (χ2n) is 9.03. The van der Waals surface area contributed by atoms with Gasteiger partial charge >= 0.3 is 6.18 Å². The molecule has 2 amide bonds. The third-order valence-electron chi connectivity index (χ3n) is 7.56. The fourth-order valence-electron chi connectivity index (χ4n) is 6.27. The van der Waals surface area contributed by atoms with Crippen molar-refractivity contribution in [1.29, 1.82) is 0 Å². The first-order chi connectivity index (χ1) is 15.7. The van der Waals surface area contributed by atoms with Crippen LogP contribution in [0.4, 0.5) is 18.9 Å². The molecule has 0 aromatic heterocycles. The van der Waals surface area contributed by atoms with Crippen LogP contribution >= 0.6 is 11.6 Å². The molecule has 166 valence electrons. The summed E-state index contributed by atoms with van der Waals surface area (Å²) in [4.78, 5) is 28.5. The summed E-state index contributed by atoms with van der Waals surface area (Å²) in [5.74, 6) is -2.67. The number of halogens is 4. The largest absolute Gasteiger partial charge is 0.417 e. The van der Waals surface area contributed by atoms with Crippen LogP contribution in [0.5, 0.6) is 0 Å². The fraction of sp³-hybridized carbons (Fsp3) is 0.231. The first kappa shape index (κ1) is 20.5. The Morgan fingerprint density at radius 3 is 2.03 bits per heavy atom. The number of alkyl halides is 3. The summed E-state index contributed by atoms with van der Waals surface area (Å²) in [5.41, 5.74) is 2.03. The minimum Gasteiger partial charge on any atom is -0.274 e. The predicted octanol–water partition coefficient (Wildman–Crippen LogP) is 5.93. The van der Waals surface area contributed by atoms with Crippen LogP contribution in [0.15, 0.2) is 66.7 Å². The van der Waals surface area contributed by atoms with Crippen LogP contribution in [0.1, 0.15) is 40.7 Å². The number of amides is 2. The average Bonchev–Trinajstić information content (AvgIpc) is 3.05. The smallest absolute Gasteiger partial charge is 0.274 e. The minimum absolute atomic E-state index is 0.104. The van der Waals surface area contributed by atoms with Crippen molar-refractivity contribution in [2.75, 3.05) is 4.90 Å². The van der Waals surface area contributed by atoms with E-state index in [9.17, 15) is 22.8 Å². The molecule has 0 radical (unpaired) electrons. The van der Waals surface area contributed by atoms with E-state index >= 15 is 0 Å². The van der Waals surface area contributed by atoms with Gasteiger partial charge in [-0.1, -0.05) is 67.1 Å². The number of nitrogens with zero attached hydrogens (tertiary/aromatic N) is 1. The lowest BCUT2D eigenvalue weighted by Crippen LogP contribution is -2.51. The van der Waals surface area contributed by atoms with Crippen LogP contribution in [0.2, 0.25) is 5.02 Å². The van der Waals surface area contributed by atoms with E-state index in [2.05, 4.69) is 0 Å². The quantitative estimate of drug-likeness (QED) is 0.416. The molecule has 1 saturated heterocycles. The maximum absolute atomic E-state index is 13.8. The maximum Gasteiger partial charge on any atom is 0.417 e. The first-order valence-corrected chi connectivity index (χ1v) is 11.0. The van der Waals surface area contributed by atoms with Gasteiger partial charge in [-0.3, -0.25) is 9.59 Å². The van der Waals surface area contributed by atoms with Gasteiger partial charge in [0.15, 0.2) is 0 Å². The Balaban J connectivity index is 1.56. The molecule has 2 bridgehead atoms. The van der Waals surface area contributed by atoms with Gasteiger partial charge in [-0.25, -0.2) is 4.90 Å². The molecule has 4 aliphatic rings. The Hall–Kier alpha value is -3.12. The van der Waals surface area contributed by atoms with E-state index in [1.54, 1.807) is 0 Å². The van der Waals surface area contributed by atoms with E-state index in [0.717, 1.165) is 39.3 Å². The van der Waals surface area contributed by atoms with E-state index in [-0.39, 0.29) is 11.6 Å². The van der Waals surface area contributed by atoms with Crippen molar-refractivity contribution in [1.82, 2.24) is 0 Å². The summed E-state index contributed by atoms with van der Waals surface area (Å²) in [6, 6.07) is 18.8. The van der Waals surface area contributed by atoms with Gasteiger partial charge in [0.2, 0.25) is 11.8 Å². The molecule has 3 nitrogen and oxygen atoms in total. The maximum atomic E-state index is 13.8. The molecule has 1 fully saturated rings. The molecular formula is C26H17ClF3NO2. The Morgan fingerprint density at radius 2 is 1.45 bits per heavy atom. The summed E-state index contributed by atoms with van der Waals surface area (Å²) in [5, 5.41) is -0.477. The number of benzene rings is 3. The van der Waals surface area contributed by atoms with Crippen LogP contribution in [-0.4, -0.2) is 11.8 Å². The van der Waals surface area contributed by atoms with Crippen molar-refractivity contribution in [3.8, 4) is 0 Å². The van der Waals surface area contributed by atoms with Crippen molar-refractivity contribution in [2.24, 2.45) is 11.8 Å². The van der Waals surface area contributed by atoms with E-state index in [0.29, 0.717) is 0 Å². The Morgan fingerprint density at radius 1 is 0.879 bits per heavy atom. The van der Waals surface area contributed by atoms with Gasteiger partial charge in [0.1, 0.15) is 0 Å². The lowest BCUT2D eigenvalue weighted by Gasteiger charge is -2.52. The van der Waals surface area contributed by atoms with Crippen molar-refractivity contribution in [3.63, 3.8) is 0 Å². The van der Waals surface area contributed by atoms with E-state index < -0.39 is 45.8 Å². The molecule has 1 aliphatic heterocycles. The van der Waals surface area contributed by atoms with Crippen molar-refractivity contribution < 1.29 is 22.8 Å². The standard InChI is InChI=1S/C26H17ClF3NO2/c1-25-16-8-4-2-6-14(16)20(15-7-3-5-9-17(15)25)21-22(25)24(33)31(23(21)32)13-10-11-19(27)18(12-13)26(28,29)30/h2-12,20-22H,1H3/t20?,21-,22-,25?/m1/s1. The monoisotopic (exact) mass is 467 g/mol. The molecule has 2 atom stereocenters. The Kier molecular flexibility index (Phi) is 4.02. The van der Waals surface area contributed by atoms with Crippen LogP contribution < -0.4 is 4.90 Å². The molecular weight excluding hydrogens is 451 g/mol. The number of hydrogen-bond donors (Lipinski definition) is 0. The van der Waals surface area contributed by atoms with Gasteiger partial charge in [0.05, 0.1) is 28.1 Å². The molecule has 3 aliphatic carbocycles. The highest BCUT2D eigenvalue weighted by atomic mass is 35.5. The molecule has 0 saturated carbocycles. The number of carbonyl (C=O) groups is 2. The minimum atomic E-state index is -4.71. The number of imide groups is 1. The number of anilines is 1. The van der Waals surface area contributed by atoms with Crippen molar-refractivity contribution in [3.05, 3.63) is 99.6 Å². The second-order valence-corrected chi connectivity index (χ2v) is 9.44. The molecule has 1 heterocycles. The topological polar surface area (TPSA) is 37.4 Å². The zero-order valence-corrected chi connectivity index (χ0v) is 18.1. The lowest BCUT2D eigenvalue weighted by atomic mass is 9.48. The third kappa shape index (κ3) is 2.47. The zero-order chi connectivity index (χ0) is 23.3. The molecule has 33 heavy (non-hydrogen) atoms. The van der Waals surface area contributed by atoms with Gasteiger partial charge < -0.3 is 0 Å². The van der Waals surface area contributed by atoms with Gasteiger partial charge in [-0.15, -0.1) is 0 Å². The molecule has 7 rings (SSSR count). The summed E-state index contributed by atoms with van der Waals surface area (Å²) in [7, 11) is 0. The molecule has 0 spiro atoms. The summed E-state index contributed by atoms with van der Waals surface area (Å²) < 4.78 is 40.5. The summed E-state index contributed by atoms with van der Waals surface area (Å²) >= 11 is 5.77. The number of hydrogen-bond acceptors (Lipinski definition) is 2. The van der Waals surface area contributed by atoms with Crippen molar-refractivity contribution in [2.45, 2.75) is 24.4 Å². The normalized spacial score (nSPS) is 27.4. The molecule has 0 unspecified atom stereocenters. The van der Waals surface area contributed by atoms with Gasteiger partial charge in [-0.2, -0.15) is 13.2 Å². The highest BCUT2D eigenvalue weighted by Gasteiger charge is 2.66. The highest BCUT2D eigenvalue weighted by molar-refractivity contribution is 6.31. The summed E-state index contributed by atoms with van der Waals surface area (Å²) in [6.45, 7) is 1.97. The Labute approximate surface area is 192 Å². The SMILES string of the molecule is CC12c3ccccc3C(c3ccccc31)[C@H]1C(=O)N(c3ccc(Cl)c(C(F)(F)F)c3)C(=O)[C@@H]12. The Bertz CT molecular complexity index is 1320. The number of carbonyl (C=O) groups excluding carboxylic acids is 2. The average molecular weight is 468 g/mol. The molecule has 3 aromatic rings. The van der Waals surface area contributed by atoms with Crippen molar-refractivity contribution >= 4 is 29.1 Å². The molecule has 3 aromatic carbocycles. The second kappa shape index (κ2) is 6.48. The first-order valence-electron chi connectivity index (χ1n) is 10.6. The number of rotatable bonds is 1. The van der Waals surface area contributed by atoms with E-state index in [4.69, 9.17) is 11.6 Å². The van der Waals surface area contributed by atoms with Crippen LogP contribution in [0, 0.1) is 11.8 Å². The van der Waals surface area contributed by atoms with E-state index in [1.807, 2.05) is 55.5 Å². The van der Waals surface area contributed by atoms with Crippen LogP contribution in [0.3, 0.4) is 0 Å². The zero-order valence-electron chi connectivity index (χ0n) is 17.4. The van der Waals surface area contributed by atoms with E-state index in [1.165, 1.54) is 6.07 Å². The van der Waals surface area contributed by atoms with Gasteiger partial charge in [-0.05, 0) is 40.5 Å². The van der Waals surface area contributed by atoms with Crippen LogP contribution in [0.25, 0.3) is 0 Å². The lowest BCUT2D eigenvalue weighted by molar-refractivity contribution is -0.137. The van der Waals surface area contributed by atoms with Gasteiger partial charge in [0.25, 0.3) is 0 Å². The summed E-state index contributed by atoms with van der Waals surface area (Å²) in [6.07, 6.45) is -4.71. The third-order valence-corrected chi connectivity index (χ3v) is 7.89. The predicted molar refractivity (Wildman–Crippen MR) is 117 cm³/mol. The molecule has 7 heteroatoms. The van der Waals surface area contributed by atoms with Crippen LogP contribution in [-0.2, 0) is 21.2 Å².